The molecule has 0 bridgehead atoms. The molecule has 2 aliphatic rings. The van der Waals surface area contributed by atoms with Crippen LogP contribution in [-0.4, -0.2) is 64.9 Å². The number of aryl methyl sites for hydroxylation is 1. The van der Waals surface area contributed by atoms with Crippen molar-refractivity contribution in [2.24, 2.45) is 5.92 Å². The Kier molecular flexibility index (Phi) is 6.09. The Labute approximate surface area is 173 Å². The molecule has 4 rings (SSSR count). The van der Waals surface area contributed by atoms with Crippen LogP contribution >= 0.6 is 0 Å². The zero-order valence-electron chi connectivity index (χ0n) is 17.5. The summed E-state index contributed by atoms with van der Waals surface area (Å²) in [6.45, 7) is 10.5. The summed E-state index contributed by atoms with van der Waals surface area (Å²) in [5.41, 5.74) is 2.74. The monoisotopic (exact) mass is 393 g/mol. The fourth-order valence-electron chi connectivity index (χ4n) is 4.13. The summed E-state index contributed by atoms with van der Waals surface area (Å²) in [6, 6.07) is 12.4. The number of likely N-dealkylation sites (tertiary alicyclic amines) is 1. The average Bonchev–Trinajstić information content (AvgIpc) is 2.75. The van der Waals surface area contributed by atoms with Gasteiger partial charge in [0.1, 0.15) is 5.69 Å². The Morgan fingerprint density at radius 3 is 2.38 bits per heavy atom. The van der Waals surface area contributed by atoms with Crippen molar-refractivity contribution in [2.75, 3.05) is 44.2 Å². The number of hydrogen-bond donors (Lipinski definition) is 0. The molecule has 2 saturated heterocycles. The molecule has 0 spiro atoms. The van der Waals surface area contributed by atoms with E-state index in [1.54, 1.807) is 0 Å². The lowest BCUT2D eigenvalue weighted by molar-refractivity contribution is 0.0691. The molecule has 2 aromatic rings. The molecule has 0 saturated carbocycles. The van der Waals surface area contributed by atoms with Crippen LogP contribution in [-0.2, 0) is 6.54 Å². The normalized spacial score (nSPS) is 18.8. The summed E-state index contributed by atoms with van der Waals surface area (Å²) in [6.07, 6.45) is 2.15. The third kappa shape index (κ3) is 4.93. The predicted molar refractivity (Wildman–Crippen MR) is 115 cm³/mol. The van der Waals surface area contributed by atoms with Crippen LogP contribution in [0.2, 0.25) is 0 Å². The highest BCUT2D eigenvalue weighted by Crippen LogP contribution is 2.20. The lowest BCUT2D eigenvalue weighted by Crippen LogP contribution is -2.46. The van der Waals surface area contributed by atoms with Crippen LogP contribution < -0.4 is 4.90 Å². The molecule has 3 heterocycles. The van der Waals surface area contributed by atoms with Gasteiger partial charge in [0.05, 0.1) is 0 Å². The van der Waals surface area contributed by atoms with Gasteiger partial charge in [0, 0.05) is 51.5 Å². The van der Waals surface area contributed by atoms with E-state index in [0.29, 0.717) is 17.6 Å². The van der Waals surface area contributed by atoms with Gasteiger partial charge < -0.3 is 9.80 Å². The Morgan fingerprint density at radius 1 is 1.00 bits per heavy atom. The first-order valence-electron chi connectivity index (χ1n) is 10.7. The number of rotatable bonds is 4. The van der Waals surface area contributed by atoms with Crippen molar-refractivity contribution in [3.63, 3.8) is 0 Å². The SMILES string of the molecule is Cc1cc(C(=O)N2CCC(C)CC2)nc(N2CCN(Cc3ccccc3)CC2)n1. The van der Waals surface area contributed by atoms with E-state index in [1.165, 1.54) is 5.56 Å². The first-order valence-corrected chi connectivity index (χ1v) is 10.7. The second-order valence-electron chi connectivity index (χ2n) is 8.42. The van der Waals surface area contributed by atoms with Gasteiger partial charge in [-0.1, -0.05) is 37.3 Å². The number of benzene rings is 1. The maximum Gasteiger partial charge on any atom is 0.272 e. The molecule has 6 heteroatoms. The third-order valence-electron chi connectivity index (χ3n) is 6.04. The number of aromatic nitrogens is 2. The summed E-state index contributed by atoms with van der Waals surface area (Å²) >= 11 is 0. The quantitative estimate of drug-likeness (QED) is 0.799. The van der Waals surface area contributed by atoms with Gasteiger partial charge in [-0.3, -0.25) is 9.69 Å². The van der Waals surface area contributed by atoms with Crippen LogP contribution in [0.3, 0.4) is 0 Å². The van der Waals surface area contributed by atoms with Crippen molar-refractivity contribution in [1.29, 1.82) is 0 Å². The van der Waals surface area contributed by atoms with Gasteiger partial charge in [0.15, 0.2) is 0 Å². The standard InChI is InChI=1S/C23H31N5O/c1-18-8-10-27(11-9-18)22(29)21-16-19(2)24-23(25-21)28-14-12-26(13-15-28)17-20-6-4-3-5-7-20/h3-7,16,18H,8-15,17H2,1-2H3. The first-order chi connectivity index (χ1) is 14.1. The van der Waals surface area contributed by atoms with Gasteiger partial charge in [-0.2, -0.15) is 0 Å². The van der Waals surface area contributed by atoms with Crippen molar-refractivity contribution < 1.29 is 4.79 Å². The van der Waals surface area contributed by atoms with Crippen LogP contribution in [0.5, 0.6) is 0 Å². The number of amides is 1. The lowest BCUT2D eigenvalue weighted by Gasteiger charge is -2.35. The van der Waals surface area contributed by atoms with Gasteiger partial charge in [0.25, 0.3) is 5.91 Å². The predicted octanol–water partition coefficient (Wildman–Crippen LogP) is 2.98. The number of carbonyl (C=O) groups is 1. The molecule has 1 aromatic heterocycles. The van der Waals surface area contributed by atoms with E-state index in [4.69, 9.17) is 0 Å². The highest BCUT2D eigenvalue weighted by atomic mass is 16.2. The molecule has 6 nitrogen and oxygen atoms in total. The molecule has 1 aromatic carbocycles. The fraction of sp³-hybridized carbons (Fsp3) is 0.522. The summed E-state index contributed by atoms with van der Waals surface area (Å²) < 4.78 is 0. The van der Waals surface area contributed by atoms with Gasteiger partial charge >= 0.3 is 0 Å². The largest absolute Gasteiger partial charge is 0.338 e. The van der Waals surface area contributed by atoms with E-state index in [9.17, 15) is 4.79 Å². The second kappa shape index (κ2) is 8.91. The van der Waals surface area contributed by atoms with E-state index >= 15 is 0 Å². The van der Waals surface area contributed by atoms with Crippen molar-refractivity contribution in [1.82, 2.24) is 19.8 Å². The summed E-state index contributed by atoms with van der Waals surface area (Å²) in [5.74, 6) is 1.44. The second-order valence-corrected chi connectivity index (χ2v) is 8.42. The minimum Gasteiger partial charge on any atom is -0.338 e. The highest BCUT2D eigenvalue weighted by Gasteiger charge is 2.25. The molecule has 2 fully saturated rings. The molecule has 1 amide bonds. The van der Waals surface area contributed by atoms with Gasteiger partial charge in [-0.05, 0) is 37.3 Å². The number of carbonyl (C=O) groups excluding carboxylic acids is 1. The minimum atomic E-state index is 0.0476. The Balaban J connectivity index is 1.40. The first kappa shape index (κ1) is 19.8. The zero-order chi connectivity index (χ0) is 20.2. The molecule has 29 heavy (non-hydrogen) atoms. The van der Waals surface area contributed by atoms with E-state index in [2.05, 4.69) is 57.0 Å². The van der Waals surface area contributed by atoms with E-state index < -0.39 is 0 Å². The molecule has 0 unspecified atom stereocenters. The molecule has 0 aliphatic carbocycles. The van der Waals surface area contributed by atoms with E-state index in [1.807, 2.05) is 17.9 Å². The van der Waals surface area contributed by atoms with Gasteiger partial charge in [0.2, 0.25) is 5.95 Å². The molecule has 0 atom stereocenters. The topological polar surface area (TPSA) is 52.6 Å². The summed E-state index contributed by atoms with van der Waals surface area (Å²) in [7, 11) is 0. The van der Waals surface area contributed by atoms with Crippen LogP contribution in [0.4, 0.5) is 5.95 Å². The Hall–Kier alpha value is -2.47. The van der Waals surface area contributed by atoms with Crippen molar-refractivity contribution in [3.05, 3.63) is 53.3 Å². The van der Waals surface area contributed by atoms with Crippen LogP contribution in [0.25, 0.3) is 0 Å². The molecule has 0 radical (unpaired) electrons. The van der Waals surface area contributed by atoms with Crippen molar-refractivity contribution in [3.8, 4) is 0 Å². The molecular weight excluding hydrogens is 362 g/mol. The fourth-order valence-corrected chi connectivity index (χ4v) is 4.13. The summed E-state index contributed by atoms with van der Waals surface area (Å²) in [4.78, 5) is 28.9. The lowest BCUT2D eigenvalue weighted by atomic mass is 9.99. The van der Waals surface area contributed by atoms with Crippen molar-refractivity contribution in [2.45, 2.75) is 33.2 Å². The molecule has 0 N–H and O–H groups in total. The smallest absolute Gasteiger partial charge is 0.272 e. The third-order valence-corrected chi connectivity index (χ3v) is 6.04. The molecule has 2 aliphatic heterocycles. The number of piperidine rings is 1. The minimum absolute atomic E-state index is 0.0476. The van der Waals surface area contributed by atoms with Crippen LogP contribution in [0, 0.1) is 12.8 Å². The van der Waals surface area contributed by atoms with Gasteiger partial charge in [-0.15, -0.1) is 0 Å². The summed E-state index contributed by atoms with van der Waals surface area (Å²) in [5, 5.41) is 0. The number of nitrogens with zero attached hydrogens (tertiary/aromatic N) is 5. The Morgan fingerprint density at radius 2 is 1.69 bits per heavy atom. The van der Waals surface area contributed by atoms with Crippen LogP contribution in [0.15, 0.2) is 36.4 Å². The number of hydrogen-bond acceptors (Lipinski definition) is 5. The van der Waals surface area contributed by atoms with Crippen LogP contribution in [0.1, 0.15) is 41.5 Å². The maximum atomic E-state index is 13.0. The average molecular weight is 394 g/mol. The maximum absolute atomic E-state index is 13.0. The Bertz CT molecular complexity index is 824. The highest BCUT2D eigenvalue weighted by molar-refractivity contribution is 5.92. The van der Waals surface area contributed by atoms with Gasteiger partial charge in [-0.25, -0.2) is 9.97 Å². The zero-order valence-corrected chi connectivity index (χ0v) is 17.5. The molecular formula is C23H31N5O. The number of anilines is 1. The van der Waals surface area contributed by atoms with E-state index in [-0.39, 0.29) is 5.91 Å². The number of piperazine rings is 1. The van der Waals surface area contributed by atoms with Crippen molar-refractivity contribution >= 4 is 11.9 Å². The van der Waals surface area contributed by atoms with E-state index in [0.717, 1.165) is 64.3 Å². The molecule has 154 valence electrons.